The van der Waals surface area contributed by atoms with Gasteiger partial charge in [-0.1, -0.05) is 25.7 Å². The Kier molecular flexibility index (Phi) is 4.34. The summed E-state index contributed by atoms with van der Waals surface area (Å²) < 4.78 is 0. The first kappa shape index (κ1) is 14.3. The maximum absolute atomic E-state index is 12.2. The van der Waals surface area contributed by atoms with Crippen molar-refractivity contribution in [2.75, 3.05) is 12.3 Å². The highest BCUT2D eigenvalue weighted by Crippen LogP contribution is 2.31. The average Bonchev–Trinajstić information content (AvgIpc) is 3.12. The fraction of sp³-hybridized carbons (Fsp3) is 0.533. The molecule has 2 aromatic heterocycles. The summed E-state index contributed by atoms with van der Waals surface area (Å²) in [6.45, 7) is 0.717. The molecule has 1 aliphatic rings. The van der Waals surface area contributed by atoms with Crippen LogP contribution in [0.1, 0.15) is 48.2 Å². The normalized spacial score (nSPS) is 15.6. The van der Waals surface area contributed by atoms with Crippen LogP contribution >= 0.6 is 11.3 Å². The molecule has 1 amide bonds. The Labute approximate surface area is 127 Å². The van der Waals surface area contributed by atoms with Crippen molar-refractivity contribution in [2.24, 2.45) is 5.92 Å². The zero-order chi connectivity index (χ0) is 14.7. The number of nitrogens with two attached hydrogens (primary N) is 1. The lowest BCUT2D eigenvalue weighted by Gasteiger charge is -2.09. The van der Waals surface area contributed by atoms with Crippen LogP contribution in [-0.4, -0.2) is 22.6 Å². The van der Waals surface area contributed by atoms with Crippen LogP contribution in [0.5, 0.6) is 0 Å². The van der Waals surface area contributed by atoms with Gasteiger partial charge in [-0.25, -0.2) is 0 Å². The van der Waals surface area contributed by atoms with Crippen LogP contribution in [0, 0.1) is 5.92 Å². The number of rotatable bonds is 5. The minimum absolute atomic E-state index is 0.0954. The summed E-state index contributed by atoms with van der Waals surface area (Å²) in [5.74, 6) is 0.772. The second-order valence-corrected chi connectivity index (χ2v) is 6.64. The fourth-order valence-electron chi connectivity index (χ4n) is 3.01. The van der Waals surface area contributed by atoms with E-state index >= 15 is 0 Å². The first-order chi connectivity index (χ1) is 10.3. The summed E-state index contributed by atoms with van der Waals surface area (Å²) in [7, 11) is 0. The van der Waals surface area contributed by atoms with Crippen molar-refractivity contribution in [1.82, 2.24) is 15.5 Å². The molecule has 0 aromatic carbocycles. The van der Waals surface area contributed by atoms with Crippen LogP contribution < -0.4 is 11.1 Å². The van der Waals surface area contributed by atoms with E-state index in [0.29, 0.717) is 21.9 Å². The molecule has 0 saturated heterocycles. The Morgan fingerprint density at radius 1 is 1.43 bits per heavy atom. The van der Waals surface area contributed by atoms with Gasteiger partial charge in [0.25, 0.3) is 5.91 Å². The van der Waals surface area contributed by atoms with Gasteiger partial charge in [0.1, 0.15) is 9.71 Å². The molecule has 3 N–H and O–H groups in total. The number of hydrogen-bond acceptors (Lipinski definition) is 5. The second-order valence-electron chi connectivity index (χ2n) is 5.64. The maximum Gasteiger partial charge on any atom is 0.263 e. The molecule has 5 nitrogen and oxygen atoms in total. The van der Waals surface area contributed by atoms with Gasteiger partial charge in [0.2, 0.25) is 0 Å². The third-order valence-corrected chi connectivity index (χ3v) is 5.28. The highest BCUT2D eigenvalue weighted by atomic mass is 32.1. The van der Waals surface area contributed by atoms with Crippen molar-refractivity contribution in [2.45, 2.75) is 38.5 Å². The average molecular weight is 304 g/mol. The van der Waals surface area contributed by atoms with Crippen LogP contribution in [-0.2, 0) is 0 Å². The number of anilines is 1. The number of nitrogens with zero attached hydrogens (tertiary/aromatic N) is 2. The Morgan fingerprint density at radius 3 is 3.00 bits per heavy atom. The van der Waals surface area contributed by atoms with E-state index in [0.717, 1.165) is 17.7 Å². The van der Waals surface area contributed by atoms with Crippen molar-refractivity contribution in [1.29, 1.82) is 0 Å². The summed E-state index contributed by atoms with van der Waals surface area (Å²) in [4.78, 5) is 13.5. The minimum Gasteiger partial charge on any atom is -0.397 e. The molecule has 21 heavy (non-hydrogen) atoms. The van der Waals surface area contributed by atoms with Gasteiger partial charge in [-0.05, 0) is 24.8 Å². The number of carbonyl (C=O) groups excluding carboxylic acids is 1. The number of carbonyl (C=O) groups is 1. The summed E-state index contributed by atoms with van der Waals surface area (Å²) >= 11 is 1.30. The maximum atomic E-state index is 12.2. The molecule has 0 bridgehead atoms. The molecule has 1 aliphatic carbocycles. The highest BCUT2D eigenvalue weighted by Gasteiger charge is 2.17. The zero-order valence-corrected chi connectivity index (χ0v) is 12.8. The molecular formula is C15H20N4OS. The lowest BCUT2D eigenvalue weighted by atomic mass is 10.0. The first-order valence-electron chi connectivity index (χ1n) is 7.53. The van der Waals surface area contributed by atoms with E-state index in [-0.39, 0.29) is 5.91 Å². The second kappa shape index (κ2) is 6.39. The van der Waals surface area contributed by atoms with E-state index in [1.54, 1.807) is 12.3 Å². The largest absolute Gasteiger partial charge is 0.397 e. The van der Waals surface area contributed by atoms with Crippen LogP contribution in [0.2, 0.25) is 0 Å². The van der Waals surface area contributed by atoms with Gasteiger partial charge in [0.05, 0.1) is 11.9 Å². The quantitative estimate of drug-likeness (QED) is 0.832. The zero-order valence-electron chi connectivity index (χ0n) is 12.0. The summed E-state index contributed by atoms with van der Waals surface area (Å²) in [6, 6.07) is 1.80. The van der Waals surface area contributed by atoms with Crippen molar-refractivity contribution < 1.29 is 4.79 Å². The van der Waals surface area contributed by atoms with Gasteiger partial charge >= 0.3 is 0 Å². The number of hydrogen-bond donors (Lipinski definition) is 2. The molecule has 0 atom stereocenters. The Hall–Kier alpha value is -1.69. The molecule has 2 heterocycles. The Morgan fingerprint density at radius 2 is 2.24 bits per heavy atom. The number of fused-ring (bicyclic) bond motifs is 1. The molecule has 1 fully saturated rings. The molecule has 3 rings (SSSR count). The SMILES string of the molecule is Nc1c(C(=O)NCCCC2CCCC2)sc2nnccc12. The number of amides is 1. The topological polar surface area (TPSA) is 80.9 Å². The molecule has 112 valence electrons. The summed E-state index contributed by atoms with van der Waals surface area (Å²) in [6.07, 6.45) is 9.31. The molecule has 2 aromatic rings. The van der Waals surface area contributed by atoms with Gasteiger partial charge in [-0.3, -0.25) is 4.79 Å². The van der Waals surface area contributed by atoms with Gasteiger partial charge in [-0.15, -0.1) is 16.4 Å². The van der Waals surface area contributed by atoms with E-state index in [1.165, 1.54) is 43.4 Å². The smallest absolute Gasteiger partial charge is 0.263 e. The Bertz CT molecular complexity index is 634. The van der Waals surface area contributed by atoms with Gasteiger partial charge in [0, 0.05) is 11.9 Å². The number of aromatic nitrogens is 2. The standard InChI is InChI=1S/C15H20N4OS/c16-12-11-7-9-18-19-15(11)21-13(12)14(20)17-8-3-6-10-4-1-2-5-10/h7,9-10H,1-6,8,16H2,(H,17,20). The predicted octanol–water partition coefficient (Wildman–Crippen LogP) is 2.97. The molecule has 0 radical (unpaired) electrons. The van der Waals surface area contributed by atoms with Crippen molar-refractivity contribution in [3.63, 3.8) is 0 Å². The van der Waals surface area contributed by atoms with E-state index in [4.69, 9.17) is 5.73 Å². The Balaban J connectivity index is 1.55. The molecule has 1 saturated carbocycles. The number of nitrogens with one attached hydrogen (secondary N) is 1. The molecule has 6 heteroatoms. The van der Waals surface area contributed by atoms with E-state index < -0.39 is 0 Å². The highest BCUT2D eigenvalue weighted by molar-refractivity contribution is 7.21. The third-order valence-electron chi connectivity index (χ3n) is 4.18. The molecule has 0 unspecified atom stereocenters. The monoisotopic (exact) mass is 304 g/mol. The molecule has 0 aliphatic heterocycles. The van der Waals surface area contributed by atoms with E-state index in [9.17, 15) is 4.79 Å². The van der Waals surface area contributed by atoms with Crippen LogP contribution in [0.25, 0.3) is 10.2 Å². The van der Waals surface area contributed by atoms with Crippen LogP contribution in [0.3, 0.4) is 0 Å². The van der Waals surface area contributed by atoms with Crippen molar-refractivity contribution in [3.8, 4) is 0 Å². The number of thiophene rings is 1. The van der Waals surface area contributed by atoms with Gasteiger partial charge in [0.15, 0.2) is 0 Å². The van der Waals surface area contributed by atoms with Crippen molar-refractivity contribution >= 4 is 33.1 Å². The summed E-state index contributed by atoms with van der Waals surface area (Å²) in [5.41, 5.74) is 6.54. The molecular weight excluding hydrogens is 284 g/mol. The lowest BCUT2D eigenvalue weighted by molar-refractivity contribution is 0.0957. The first-order valence-corrected chi connectivity index (χ1v) is 8.35. The fourth-order valence-corrected chi connectivity index (χ4v) is 3.97. The van der Waals surface area contributed by atoms with Crippen molar-refractivity contribution in [3.05, 3.63) is 17.1 Å². The van der Waals surface area contributed by atoms with Gasteiger partial charge in [-0.2, -0.15) is 5.10 Å². The van der Waals surface area contributed by atoms with Crippen LogP contribution in [0.4, 0.5) is 5.69 Å². The predicted molar refractivity (Wildman–Crippen MR) is 85.4 cm³/mol. The van der Waals surface area contributed by atoms with E-state index in [1.807, 2.05) is 0 Å². The lowest BCUT2D eigenvalue weighted by Crippen LogP contribution is -2.24. The third kappa shape index (κ3) is 3.15. The van der Waals surface area contributed by atoms with E-state index in [2.05, 4.69) is 15.5 Å². The van der Waals surface area contributed by atoms with Crippen LogP contribution in [0.15, 0.2) is 12.3 Å². The minimum atomic E-state index is -0.0954. The summed E-state index contributed by atoms with van der Waals surface area (Å²) in [5, 5.41) is 11.6. The van der Waals surface area contributed by atoms with Gasteiger partial charge < -0.3 is 11.1 Å². The molecule has 0 spiro atoms. The number of nitrogen functional groups attached to an aromatic ring is 1.